The lowest BCUT2D eigenvalue weighted by molar-refractivity contribution is -0.132. The van der Waals surface area contributed by atoms with E-state index in [1.54, 1.807) is 6.92 Å². The molecule has 19 heavy (non-hydrogen) atoms. The van der Waals surface area contributed by atoms with E-state index >= 15 is 0 Å². The Bertz CT molecular complexity index is 571. The molecule has 0 aliphatic carbocycles. The third kappa shape index (κ3) is 2.47. The molecular weight excluding hydrogens is 251 g/mol. The van der Waals surface area contributed by atoms with E-state index in [1.807, 2.05) is 0 Å². The Morgan fingerprint density at radius 2 is 2.11 bits per heavy atom. The van der Waals surface area contributed by atoms with Gasteiger partial charge in [-0.1, -0.05) is 0 Å². The normalized spacial score (nSPS) is 19.3. The monoisotopic (exact) mass is 264 g/mol. The predicted octanol–water partition coefficient (Wildman–Crippen LogP) is 0.880. The molecule has 5 nitrogen and oxygen atoms in total. The second-order valence-electron chi connectivity index (χ2n) is 4.44. The number of anilines is 1. The third-order valence-corrected chi connectivity index (χ3v) is 3.09. The topological polar surface area (TPSA) is 66.5 Å². The van der Waals surface area contributed by atoms with E-state index in [0.717, 1.165) is 6.07 Å². The first kappa shape index (κ1) is 13.2. The van der Waals surface area contributed by atoms with Crippen LogP contribution >= 0.6 is 0 Å². The van der Waals surface area contributed by atoms with Crippen LogP contribution in [0.15, 0.2) is 18.2 Å². The molecule has 0 aromatic heterocycles. The van der Waals surface area contributed by atoms with Crippen molar-refractivity contribution in [3.05, 3.63) is 29.6 Å². The number of imide groups is 1. The molecule has 1 aliphatic rings. The summed E-state index contributed by atoms with van der Waals surface area (Å²) in [7, 11) is 0. The number of carbonyl (C=O) groups is 3. The number of rotatable bonds is 2. The molecule has 1 aliphatic heterocycles. The first-order valence-electron chi connectivity index (χ1n) is 5.81. The van der Waals surface area contributed by atoms with Gasteiger partial charge in [-0.05, 0) is 32.0 Å². The van der Waals surface area contributed by atoms with Crippen molar-refractivity contribution >= 4 is 23.3 Å². The number of nitrogens with one attached hydrogen (secondary N) is 1. The number of benzene rings is 1. The zero-order valence-electron chi connectivity index (χ0n) is 10.6. The quantitative estimate of drug-likeness (QED) is 0.636. The lowest BCUT2D eigenvalue weighted by Gasteiger charge is -2.33. The summed E-state index contributed by atoms with van der Waals surface area (Å²) >= 11 is 0. The average Bonchev–Trinajstić information content (AvgIpc) is 2.33. The van der Waals surface area contributed by atoms with Crippen LogP contribution < -0.4 is 10.2 Å². The summed E-state index contributed by atoms with van der Waals surface area (Å²) in [6, 6.07) is 3.36. The summed E-state index contributed by atoms with van der Waals surface area (Å²) in [5, 5.41) is 2.18. The van der Waals surface area contributed by atoms with Crippen molar-refractivity contribution in [2.75, 3.05) is 11.4 Å². The van der Waals surface area contributed by atoms with Crippen molar-refractivity contribution in [3.8, 4) is 0 Å². The van der Waals surface area contributed by atoms with E-state index < -0.39 is 23.7 Å². The van der Waals surface area contributed by atoms with Gasteiger partial charge in [-0.2, -0.15) is 0 Å². The predicted molar refractivity (Wildman–Crippen MR) is 66.4 cm³/mol. The number of hydrogen-bond acceptors (Lipinski definition) is 4. The Morgan fingerprint density at radius 1 is 1.42 bits per heavy atom. The lowest BCUT2D eigenvalue weighted by atomic mass is 10.1. The Hall–Kier alpha value is -2.24. The van der Waals surface area contributed by atoms with Gasteiger partial charge in [-0.25, -0.2) is 4.39 Å². The molecule has 100 valence electrons. The molecule has 2 rings (SSSR count). The standard InChI is InChI=1S/C13H13FN2O3/c1-7-13(19)15-12(18)6-16(7)11-4-3-9(8(2)17)5-10(11)14/h3-5,7H,6H2,1-2H3,(H,15,18,19). The van der Waals surface area contributed by atoms with Crippen LogP contribution in [0.25, 0.3) is 0 Å². The Balaban J connectivity index is 2.38. The van der Waals surface area contributed by atoms with Gasteiger partial charge in [-0.15, -0.1) is 0 Å². The van der Waals surface area contributed by atoms with E-state index in [9.17, 15) is 18.8 Å². The minimum absolute atomic E-state index is 0.0940. The van der Waals surface area contributed by atoms with Crippen LogP contribution in [0.4, 0.5) is 10.1 Å². The zero-order valence-corrected chi connectivity index (χ0v) is 10.6. The fourth-order valence-corrected chi connectivity index (χ4v) is 1.97. The van der Waals surface area contributed by atoms with Gasteiger partial charge in [-0.3, -0.25) is 19.7 Å². The maximum atomic E-state index is 14.0. The smallest absolute Gasteiger partial charge is 0.249 e. The van der Waals surface area contributed by atoms with Gasteiger partial charge in [0.2, 0.25) is 11.8 Å². The number of Topliss-reactive ketones (excluding diaryl/α,β-unsaturated/α-hetero) is 1. The Kier molecular flexibility index (Phi) is 3.33. The van der Waals surface area contributed by atoms with E-state index in [1.165, 1.54) is 24.0 Å². The van der Waals surface area contributed by atoms with Gasteiger partial charge >= 0.3 is 0 Å². The summed E-state index contributed by atoms with van der Waals surface area (Å²) in [6.07, 6.45) is 0. The minimum Gasteiger partial charge on any atom is -0.348 e. The van der Waals surface area contributed by atoms with E-state index in [2.05, 4.69) is 5.32 Å². The number of carbonyl (C=O) groups excluding carboxylic acids is 3. The molecule has 2 amide bonds. The van der Waals surface area contributed by atoms with Gasteiger partial charge in [0.05, 0.1) is 12.2 Å². The molecule has 1 saturated heterocycles. The van der Waals surface area contributed by atoms with Crippen LogP contribution in [0, 0.1) is 5.82 Å². The van der Waals surface area contributed by atoms with Crippen LogP contribution in [-0.2, 0) is 9.59 Å². The fraction of sp³-hybridized carbons (Fsp3) is 0.308. The van der Waals surface area contributed by atoms with Crippen LogP contribution in [0.2, 0.25) is 0 Å². The summed E-state index contributed by atoms with van der Waals surface area (Å²) < 4.78 is 14.0. The highest BCUT2D eigenvalue weighted by Gasteiger charge is 2.31. The van der Waals surface area contributed by atoms with E-state index in [-0.39, 0.29) is 23.6 Å². The highest BCUT2D eigenvalue weighted by atomic mass is 19.1. The molecule has 1 fully saturated rings. The summed E-state index contributed by atoms with van der Waals surface area (Å²) in [5.41, 5.74) is 0.391. The number of piperazine rings is 1. The van der Waals surface area contributed by atoms with Crippen molar-refractivity contribution in [1.82, 2.24) is 5.32 Å². The maximum Gasteiger partial charge on any atom is 0.249 e. The molecule has 1 unspecified atom stereocenters. The number of ketones is 1. The largest absolute Gasteiger partial charge is 0.348 e. The molecule has 0 bridgehead atoms. The maximum absolute atomic E-state index is 14.0. The number of hydrogen-bond donors (Lipinski definition) is 1. The third-order valence-electron chi connectivity index (χ3n) is 3.09. The van der Waals surface area contributed by atoms with Crippen LogP contribution in [0.3, 0.4) is 0 Å². The summed E-state index contributed by atoms with van der Waals surface area (Å²) in [4.78, 5) is 35.4. The molecule has 1 heterocycles. The highest BCUT2D eigenvalue weighted by molar-refractivity contribution is 6.04. The van der Waals surface area contributed by atoms with Gasteiger partial charge in [0, 0.05) is 5.56 Å². The number of nitrogens with zero attached hydrogens (tertiary/aromatic N) is 1. The molecule has 0 radical (unpaired) electrons. The molecule has 6 heteroatoms. The minimum atomic E-state index is -0.643. The zero-order chi connectivity index (χ0) is 14.2. The van der Waals surface area contributed by atoms with Crippen molar-refractivity contribution < 1.29 is 18.8 Å². The summed E-state index contributed by atoms with van der Waals surface area (Å²) in [5.74, 6) is -1.81. The van der Waals surface area contributed by atoms with Crippen molar-refractivity contribution in [2.24, 2.45) is 0 Å². The molecular formula is C13H13FN2O3. The first-order valence-corrected chi connectivity index (χ1v) is 5.81. The number of amides is 2. The van der Waals surface area contributed by atoms with Crippen molar-refractivity contribution in [3.63, 3.8) is 0 Å². The van der Waals surface area contributed by atoms with Crippen LogP contribution in [-0.4, -0.2) is 30.2 Å². The molecule has 1 aromatic rings. The summed E-state index contributed by atoms with van der Waals surface area (Å²) in [6.45, 7) is 2.83. The average molecular weight is 264 g/mol. The lowest BCUT2D eigenvalue weighted by Crippen LogP contribution is -2.57. The van der Waals surface area contributed by atoms with Gasteiger partial charge in [0.15, 0.2) is 5.78 Å². The van der Waals surface area contributed by atoms with Gasteiger partial charge in [0.25, 0.3) is 0 Å². The Labute approximate surface area is 109 Å². The molecule has 0 spiro atoms. The fourth-order valence-electron chi connectivity index (χ4n) is 1.97. The molecule has 1 aromatic carbocycles. The molecule has 1 atom stereocenters. The molecule has 1 N–H and O–H groups in total. The number of halogens is 1. The second kappa shape index (κ2) is 4.79. The van der Waals surface area contributed by atoms with E-state index in [4.69, 9.17) is 0 Å². The first-order chi connectivity index (χ1) is 8.90. The van der Waals surface area contributed by atoms with Crippen molar-refractivity contribution in [2.45, 2.75) is 19.9 Å². The van der Waals surface area contributed by atoms with E-state index in [0.29, 0.717) is 0 Å². The molecule has 0 saturated carbocycles. The Morgan fingerprint density at radius 3 is 2.68 bits per heavy atom. The highest BCUT2D eigenvalue weighted by Crippen LogP contribution is 2.24. The second-order valence-corrected chi connectivity index (χ2v) is 4.44. The van der Waals surface area contributed by atoms with Gasteiger partial charge < -0.3 is 4.90 Å². The van der Waals surface area contributed by atoms with Gasteiger partial charge in [0.1, 0.15) is 11.9 Å². The SMILES string of the molecule is CC(=O)c1ccc(N2CC(=O)NC(=O)C2C)c(F)c1. The van der Waals surface area contributed by atoms with Crippen molar-refractivity contribution in [1.29, 1.82) is 0 Å². The van der Waals surface area contributed by atoms with Crippen LogP contribution in [0.1, 0.15) is 24.2 Å². The van der Waals surface area contributed by atoms with Crippen LogP contribution in [0.5, 0.6) is 0 Å².